The molecule has 142 valence electrons. The Balaban J connectivity index is 1.85. The van der Waals surface area contributed by atoms with Crippen molar-refractivity contribution < 1.29 is 26.7 Å². The number of aromatic nitrogens is 3. The van der Waals surface area contributed by atoms with Gasteiger partial charge in [0.15, 0.2) is 12.4 Å². The molecule has 0 saturated heterocycles. The zero-order chi connectivity index (χ0) is 19.4. The van der Waals surface area contributed by atoms with E-state index in [0.717, 1.165) is 0 Å². The molecule has 3 aromatic rings. The van der Waals surface area contributed by atoms with Crippen LogP contribution in [-0.4, -0.2) is 27.7 Å². The normalized spacial score (nSPS) is 11.4. The highest BCUT2D eigenvalue weighted by Crippen LogP contribution is 2.21. The second kappa shape index (κ2) is 7.60. The van der Waals surface area contributed by atoms with Crippen molar-refractivity contribution in [1.29, 1.82) is 0 Å². The summed E-state index contributed by atoms with van der Waals surface area (Å²) in [6, 6.07) is 8.19. The monoisotopic (exact) mass is 382 g/mol. The molecule has 2 heterocycles. The molecule has 0 bridgehead atoms. The average Bonchev–Trinajstić information content (AvgIpc) is 3.03. The minimum atomic E-state index is -4.54. The minimum absolute atomic E-state index is 0.00412. The molecule has 0 fully saturated rings. The van der Waals surface area contributed by atoms with E-state index in [9.17, 15) is 17.6 Å². The van der Waals surface area contributed by atoms with Gasteiger partial charge in [0, 0.05) is 5.56 Å². The third-order valence-corrected chi connectivity index (χ3v) is 3.30. The van der Waals surface area contributed by atoms with Crippen LogP contribution in [0.4, 0.5) is 23.5 Å². The summed E-state index contributed by atoms with van der Waals surface area (Å²) in [5.74, 6) is 0.876. The van der Waals surface area contributed by atoms with Gasteiger partial charge in [-0.1, -0.05) is 0 Å². The molecule has 1 N–H and O–H groups in total. The van der Waals surface area contributed by atoms with E-state index in [1.807, 2.05) is 0 Å². The summed E-state index contributed by atoms with van der Waals surface area (Å²) in [4.78, 5) is 11.8. The molecule has 0 radical (unpaired) electrons. The van der Waals surface area contributed by atoms with Gasteiger partial charge < -0.3 is 14.5 Å². The maximum atomic E-state index is 13.1. The van der Waals surface area contributed by atoms with E-state index < -0.39 is 24.6 Å². The van der Waals surface area contributed by atoms with E-state index in [1.54, 1.807) is 19.1 Å². The third-order valence-electron chi connectivity index (χ3n) is 3.30. The number of benzene rings is 1. The quantitative estimate of drug-likeness (QED) is 0.646. The van der Waals surface area contributed by atoms with Crippen molar-refractivity contribution in [3.05, 3.63) is 53.7 Å². The lowest BCUT2D eigenvalue weighted by atomic mass is 10.2. The molecule has 0 aliphatic heterocycles. The Morgan fingerprint density at radius 3 is 2.41 bits per heavy atom. The minimum Gasteiger partial charge on any atom is -0.465 e. The van der Waals surface area contributed by atoms with Crippen LogP contribution in [0.5, 0.6) is 6.01 Å². The topological polar surface area (TPSA) is 73.1 Å². The van der Waals surface area contributed by atoms with Crippen LogP contribution in [0.1, 0.15) is 11.5 Å². The molecule has 0 unspecified atom stereocenters. The molecule has 10 heteroatoms. The number of nitrogens with one attached hydrogen (secondary N) is 1. The van der Waals surface area contributed by atoms with Crippen LogP contribution in [-0.2, 0) is 6.54 Å². The van der Waals surface area contributed by atoms with Gasteiger partial charge >= 0.3 is 12.2 Å². The standard InChI is InChI=1S/C17H14F4N4O2/c1-10-2-7-13(27-10)8-22-15-23-14(11-3-5-12(18)6-4-11)24-16(25-15)26-9-17(19,20)21/h2-7H,8-9H2,1H3,(H,22,23,24,25). The molecule has 0 saturated carbocycles. The lowest BCUT2D eigenvalue weighted by molar-refractivity contribution is -0.154. The smallest absolute Gasteiger partial charge is 0.422 e. The first kappa shape index (κ1) is 18.6. The number of halogens is 4. The van der Waals surface area contributed by atoms with Gasteiger partial charge in [-0.05, 0) is 43.3 Å². The van der Waals surface area contributed by atoms with Crippen LogP contribution in [0.25, 0.3) is 11.4 Å². The van der Waals surface area contributed by atoms with E-state index in [-0.39, 0.29) is 18.3 Å². The van der Waals surface area contributed by atoms with Crippen LogP contribution in [0.2, 0.25) is 0 Å². The van der Waals surface area contributed by atoms with Crippen LogP contribution in [0.15, 0.2) is 40.8 Å². The number of hydrogen-bond acceptors (Lipinski definition) is 6. The van der Waals surface area contributed by atoms with Gasteiger partial charge in [0.25, 0.3) is 0 Å². The van der Waals surface area contributed by atoms with Crippen molar-refractivity contribution in [2.45, 2.75) is 19.6 Å². The first-order valence-electron chi connectivity index (χ1n) is 7.79. The fourth-order valence-corrected chi connectivity index (χ4v) is 2.12. The summed E-state index contributed by atoms with van der Waals surface area (Å²) in [7, 11) is 0. The molecular weight excluding hydrogens is 368 g/mol. The summed E-state index contributed by atoms with van der Waals surface area (Å²) in [5.41, 5.74) is 0.396. The van der Waals surface area contributed by atoms with Crippen LogP contribution >= 0.6 is 0 Å². The summed E-state index contributed by atoms with van der Waals surface area (Å²) < 4.78 is 60.4. The Bertz CT molecular complexity index is 910. The second-order valence-corrected chi connectivity index (χ2v) is 5.54. The first-order valence-corrected chi connectivity index (χ1v) is 7.79. The molecule has 3 rings (SSSR count). The summed E-state index contributed by atoms with van der Waals surface area (Å²) >= 11 is 0. The number of anilines is 1. The third kappa shape index (κ3) is 5.40. The number of rotatable bonds is 6. The number of alkyl halides is 3. The molecule has 0 aliphatic rings. The summed E-state index contributed by atoms with van der Waals surface area (Å²) in [6.45, 7) is 0.443. The summed E-state index contributed by atoms with van der Waals surface area (Å²) in [6.07, 6.45) is -4.54. The predicted octanol–water partition coefficient (Wildman–Crippen LogP) is 4.13. The predicted molar refractivity (Wildman–Crippen MR) is 87.5 cm³/mol. The van der Waals surface area contributed by atoms with Gasteiger partial charge in [0.1, 0.15) is 17.3 Å². The Labute approximate surface area is 151 Å². The fraction of sp³-hybridized carbons (Fsp3) is 0.235. The Morgan fingerprint density at radius 1 is 1.04 bits per heavy atom. The lowest BCUT2D eigenvalue weighted by Gasteiger charge is -2.11. The van der Waals surface area contributed by atoms with Gasteiger partial charge in [-0.15, -0.1) is 0 Å². The van der Waals surface area contributed by atoms with Gasteiger partial charge in [0.05, 0.1) is 6.54 Å². The lowest BCUT2D eigenvalue weighted by Crippen LogP contribution is -2.20. The van der Waals surface area contributed by atoms with Crippen molar-refractivity contribution in [3.63, 3.8) is 0 Å². The molecule has 6 nitrogen and oxygen atoms in total. The Morgan fingerprint density at radius 2 is 1.78 bits per heavy atom. The van der Waals surface area contributed by atoms with Crippen LogP contribution in [0.3, 0.4) is 0 Å². The fourth-order valence-electron chi connectivity index (χ4n) is 2.12. The van der Waals surface area contributed by atoms with E-state index in [0.29, 0.717) is 17.1 Å². The molecular formula is C17H14F4N4O2. The molecule has 2 aromatic heterocycles. The molecule has 0 amide bonds. The zero-order valence-electron chi connectivity index (χ0n) is 14.0. The van der Waals surface area contributed by atoms with Crippen molar-refractivity contribution in [2.75, 3.05) is 11.9 Å². The molecule has 0 aliphatic carbocycles. The molecule has 0 spiro atoms. The maximum absolute atomic E-state index is 13.1. The summed E-state index contributed by atoms with van der Waals surface area (Å²) in [5, 5.41) is 2.84. The average molecular weight is 382 g/mol. The Kier molecular flexibility index (Phi) is 5.24. The van der Waals surface area contributed by atoms with Crippen molar-refractivity contribution in [2.24, 2.45) is 0 Å². The van der Waals surface area contributed by atoms with Crippen molar-refractivity contribution >= 4 is 5.95 Å². The highest BCUT2D eigenvalue weighted by molar-refractivity contribution is 5.56. The van der Waals surface area contributed by atoms with Gasteiger partial charge in [-0.25, -0.2) is 4.39 Å². The molecule has 0 atom stereocenters. The number of furan rings is 1. The molecule has 27 heavy (non-hydrogen) atoms. The number of hydrogen-bond donors (Lipinski definition) is 1. The van der Waals surface area contributed by atoms with E-state index in [2.05, 4.69) is 25.0 Å². The zero-order valence-corrected chi connectivity index (χ0v) is 14.0. The SMILES string of the molecule is Cc1ccc(CNc2nc(OCC(F)(F)F)nc(-c3ccc(F)cc3)n2)o1. The van der Waals surface area contributed by atoms with E-state index in [4.69, 9.17) is 4.42 Å². The number of nitrogens with zero attached hydrogens (tertiary/aromatic N) is 3. The number of aryl methyl sites for hydroxylation is 1. The van der Waals surface area contributed by atoms with Gasteiger partial charge in [-0.2, -0.15) is 28.1 Å². The van der Waals surface area contributed by atoms with Crippen LogP contribution in [0, 0.1) is 12.7 Å². The molecule has 1 aromatic carbocycles. The largest absolute Gasteiger partial charge is 0.465 e. The van der Waals surface area contributed by atoms with Crippen molar-refractivity contribution in [3.8, 4) is 17.4 Å². The first-order chi connectivity index (χ1) is 12.8. The highest BCUT2D eigenvalue weighted by Gasteiger charge is 2.29. The Hall–Kier alpha value is -3.17. The van der Waals surface area contributed by atoms with Gasteiger partial charge in [-0.3, -0.25) is 0 Å². The highest BCUT2D eigenvalue weighted by atomic mass is 19.4. The second-order valence-electron chi connectivity index (χ2n) is 5.54. The van der Waals surface area contributed by atoms with E-state index in [1.165, 1.54) is 24.3 Å². The van der Waals surface area contributed by atoms with Crippen LogP contribution < -0.4 is 10.1 Å². The van der Waals surface area contributed by atoms with Crippen molar-refractivity contribution in [1.82, 2.24) is 15.0 Å². The maximum Gasteiger partial charge on any atom is 0.422 e. The van der Waals surface area contributed by atoms with E-state index >= 15 is 0 Å². The van der Waals surface area contributed by atoms with Gasteiger partial charge in [0.2, 0.25) is 5.95 Å². The number of ether oxygens (including phenoxy) is 1.